The van der Waals surface area contributed by atoms with Crippen LogP contribution < -0.4 is 5.32 Å². The summed E-state index contributed by atoms with van der Waals surface area (Å²) in [5.41, 5.74) is 7.73. The van der Waals surface area contributed by atoms with Gasteiger partial charge in [0.2, 0.25) is 0 Å². The summed E-state index contributed by atoms with van der Waals surface area (Å²) in [7, 11) is 1.91. The number of hydrogen-bond donors (Lipinski definition) is 2. The van der Waals surface area contributed by atoms with Crippen molar-refractivity contribution in [3.05, 3.63) is 83.4 Å². The Hall–Kier alpha value is -3.67. The predicted molar refractivity (Wildman–Crippen MR) is 163 cm³/mol. The topological polar surface area (TPSA) is 73.9 Å². The van der Waals surface area contributed by atoms with E-state index in [1.807, 2.05) is 50.1 Å². The van der Waals surface area contributed by atoms with Crippen LogP contribution in [0.2, 0.25) is 0 Å². The molecule has 3 aromatic rings. The van der Waals surface area contributed by atoms with Crippen molar-refractivity contribution in [2.45, 2.75) is 84.7 Å². The van der Waals surface area contributed by atoms with Gasteiger partial charge < -0.3 is 10.2 Å². The third-order valence-electron chi connectivity index (χ3n) is 7.81. The van der Waals surface area contributed by atoms with E-state index in [4.69, 9.17) is 4.98 Å². The maximum absolute atomic E-state index is 13.3. The van der Waals surface area contributed by atoms with Gasteiger partial charge in [-0.15, -0.1) is 0 Å². The first-order valence-electron chi connectivity index (χ1n) is 14.0. The van der Waals surface area contributed by atoms with Crippen LogP contribution in [-0.4, -0.2) is 45.1 Å². The standard InChI is InChI=1S/C33H43N5O/c1-9-11-25(22(4)10-2)29-19-30(37-36-29)32(39)38(8)24-15-13-23(14-16-24)34-28-20-31(33(5,6)7)35-27-17-12-21(3)18-26(27)28/h9-12,17-20,23-24H,2,13-16H2,1,3-8H3,(H,34,35)(H,36,37)/b11-9-,25-22+. The molecule has 206 valence electrons. The number of allylic oxidation sites excluding steroid dienone is 5. The molecular formula is C33H43N5O. The van der Waals surface area contributed by atoms with Gasteiger partial charge in [-0.2, -0.15) is 5.10 Å². The molecular weight excluding hydrogens is 482 g/mol. The van der Waals surface area contributed by atoms with E-state index < -0.39 is 0 Å². The second-order valence-electron chi connectivity index (χ2n) is 11.9. The number of benzene rings is 1. The molecule has 2 N–H and O–H groups in total. The van der Waals surface area contributed by atoms with Gasteiger partial charge in [-0.05, 0) is 76.3 Å². The second-order valence-corrected chi connectivity index (χ2v) is 11.9. The lowest BCUT2D eigenvalue weighted by atomic mass is 9.88. The average Bonchev–Trinajstić information content (AvgIpc) is 3.40. The molecule has 0 radical (unpaired) electrons. The van der Waals surface area contributed by atoms with Gasteiger partial charge in [0.05, 0.1) is 11.2 Å². The number of pyridine rings is 1. The highest BCUT2D eigenvalue weighted by atomic mass is 16.2. The number of anilines is 1. The molecule has 6 nitrogen and oxygen atoms in total. The van der Waals surface area contributed by atoms with Crippen molar-refractivity contribution in [2.24, 2.45) is 0 Å². The number of aromatic nitrogens is 3. The smallest absolute Gasteiger partial charge is 0.271 e. The largest absolute Gasteiger partial charge is 0.382 e. The van der Waals surface area contributed by atoms with Crippen LogP contribution >= 0.6 is 0 Å². The zero-order valence-corrected chi connectivity index (χ0v) is 24.6. The molecule has 39 heavy (non-hydrogen) atoms. The number of H-pyrrole nitrogens is 1. The van der Waals surface area contributed by atoms with Crippen LogP contribution in [0.25, 0.3) is 16.5 Å². The molecule has 1 aromatic carbocycles. The molecule has 2 heterocycles. The number of rotatable bonds is 7. The Morgan fingerprint density at radius 2 is 1.87 bits per heavy atom. The molecule has 1 aliphatic carbocycles. The van der Waals surface area contributed by atoms with Crippen molar-refractivity contribution < 1.29 is 4.79 Å². The molecule has 6 heteroatoms. The van der Waals surface area contributed by atoms with Gasteiger partial charge in [0.25, 0.3) is 5.91 Å². The molecule has 0 atom stereocenters. The van der Waals surface area contributed by atoms with E-state index in [2.05, 4.69) is 74.1 Å². The molecule has 1 aliphatic rings. The van der Waals surface area contributed by atoms with E-state index in [1.165, 1.54) is 10.9 Å². The lowest BCUT2D eigenvalue weighted by Gasteiger charge is -2.35. The summed E-state index contributed by atoms with van der Waals surface area (Å²) < 4.78 is 0. The Morgan fingerprint density at radius 1 is 1.15 bits per heavy atom. The molecule has 0 bridgehead atoms. The molecule has 0 saturated heterocycles. The van der Waals surface area contributed by atoms with Crippen LogP contribution in [0.4, 0.5) is 5.69 Å². The number of carbonyl (C=O) groups is 1. The van der Waals surface area contributed by atoms with Crippen LogP contribution in [-0.2, 0) is 5.41 Å². The monoisotopic (exact) mass is 525 g/mol. The van der Waals surface area contributed by atoms with Crippen molar-refractivity contribution in [1.82, 2.24) is 20.1 Å². The quantitative estimate of drug-likeness (QED) is 0.312. The van der Waals surface area contributed by atoms with Gasteiger partial charge in [-0.25, -0.2) is 0 Å². The summed E-state index contributed by atoms with van der Waals surface area (Å²) in [5, 5.41) is 12.4. The molecule has 1 amide bonds. The first-order valence-corrected chi connectivity index (χ1v) is 14.0. The molecule has 1 fully saturated rings. The van der Waals surface area contributed by atoms with Crippen molar-refractivity contribution >= 4 is 28.1 Å². The van der Waals surface area contributed by atoms with Crippen LogP contribution in [0, 0.1) is 6.92 Å². The van der Waals surface area contributed by atoms with Gasteiger partial charge in [-0.1, -0.05) is 57.2 Å². The van der Waals surface area contributed by atoms with Crippen molar-refractivity contribution in [3.63, 3.8) is 0 Å². The lowest BCUT2D eigenvalue weighted by Crippen LogP contribution is -2.41. The lowest BCUT2D eigenvalue weighted by molar-refractivity contribution is 0.0686. The van der Waals surface area contributed by atoms with E-state index in [1.54, 1.807) is 0 Å². The summed E-state index contributed by atoms with van der Waals surface area (Å²) in [6.45, 7) is 16.6. The van der Waals surface area contributed by atoms with Gasteiger partial charge >= 0.3 is 0 Å². The van der Waals surface area contributed by atoms with Gasteiger partial charge in [-0.3, -0.25) is 14.9 Å². The van der Waals surface area contributed by atoms with Crippen LogP contribution in [0.1, 0.15) is 87.7 Å². The minimum atomic E-state index is -0.0312. The molecule has 0 aliphatic heterocycles. The van der Waals surface area contributed by atoms with Crippen LogP contribution in [0.15, 0.2) is 60.7 Å². The summed E-state index contributed by atoms with van der Waals surface area (Å²) in [5.74, 6) is -0.0216. The Morgan fingerprint density at radius 3 is 2.51 bits per heavy atom. The van der Waals surface area contributed by atoms with E-state index in [0.29, 0.717) is 11.7 Å². The van der Waals surface area contributed by atoms with Crippen molar-refractivity contribution in [3.8, 4) is 0 Å². The summed E-state index contributed by atoms with van der Waals surface area (Å²) in [6, 6.07) is 11.1. The number of aryl methyl sites for hydroxylation is 1. The SMILES string of the molecule is C=C/C(C)=C(\C=C/C)c1cc(C(=O)N(C)C2CCC(Nc3cc(C(C)(C)C)nc4ccc(C)cc34)CC2)[nH]n1. The number of nitrogens with one attached hydrogen (secondary N) is 2. The van der Waals surface area contributed by atoms with Gasteiger partial charge in [0.1, 0.15) is 5.69 Å². The number of aromatic amines is 1. The minimum Gasteiger partial charge on any atom is -0.382 e. The van der Waals surface area contributed by atoms with E-state index >= 15 is 0 Å². The predicted octanol–water partition coefficient (Wildman–Crippen LogP) is 7.59. The van der Waals surface area contributed by atoms with Crippen molar-refractivity contribution in [1.29, 1.82) is 0 Å². The highest BCUT2D eigenvalue weighted by molar-refractivity contribution is 5.94. The summed E-state index contributed by atoms with van der Waals surface area (Å²) in [4.78, 5) is 20.2. The Labute approximate surface area is 233 Å². The fourth-order valence-corrected chi connectivity index (χ4v) is 5.29. The third kappa shape index (κ3) is 6.32. The Bertz CT molecular complexity index is 1410. The van der Waals surface area contributed by atoms with E-state index in [0.717, 1.165) is 59.4 Å². The zero-order valence-electron chi connectivity index (χ0n) is 24.6. The second kappa shape index (κ2) is 11.6. The normalized spacial score (nSPS) is 18.7. The number of nitrogens with zero attached hydrogens (tertiary/aromatic N) is 3. The van der Waals surface area contributed by atoms with Crippen LogP contribution in [0.5, 0.6) is 0 Å². The number of amides is 1. The fraction of sp³-hybridized carbons (Fsp3) is 0.424. The fourth-order valence-electron chi connectivity index (χ4n) is 5.29. The van der Waals surface area contributed by atoms with E-state index in [-0.39, 0.29) is 17.4 Å². The van der Waals surface area contributed by atoms with Crippen molar-refractivity contribution in [2.75, 3.05) is 12.4 Å². The molecule has 1 saturated carbocycles. The summed E-state index contributed by atoms with van der Waals surface area (Å²) in [6.07, 6.45) is 9.69. The van der Waals surface area contributed by atoms with E-state index in [9.17, 15) is 4.79 Å². The Kier molecular flexibility index (Phi) is 8.43. The third-order valence-corrected chi connectivity index (χ3v) is 7.81. The number of hydrogen-bond acceptors (Lipinski definition) is 4. The summed E-state index contributed by atoms with van der Waals surface area (Å²) >= 11 is 0. The number of fused-ring (bicyclic) bond motifs is 1. The highest BCUT2D eigenvalue weighted by Crippen LogP contribution is 2.33. The molecule has 0 unspecified atom stereocenters. The molecule has 0 spiro atoms. The number of carbonyl (C=O) groups excluding carboxylic acids is 1. The first-order chi connectivity index (χ1) is 18.5. The maximum atomic E-state index is 13.3. The first kappa shape index (κ1) is 28.3. The average molecular weight is 526 g/mol. The van der Waals surface area contributed by atoms with Gasteiger partial charge in [0.15, 0.2) is 0 Å². The highest BCUT2D eigenvalue weighted by Gasteiger charge is 2.29. The minimum absolute atomic E-state index is 0.0216. The Balaban J connectivity index is 1.45. The zero-order chi connectivity index (χ0) is 28.3. The molecule has 2 aromatic heterocycles. The molecule has 4 rings (SSSR count). The maximum Gasteiger partial charge on any atom is 0.271 e. The van der Waals surface area contributed by atoms with Gasteiger partial charge in [0, 0.05) is 46.9 Å². The van der Waals surface area contributed by atoms with Crippen LogP contribution in [0.3, 0.4) is 0 Å².